The smallest absolute Gasteiger partial charge is 0.179 e. The molecular formula is C14H32ClNO. The molecule has 1 N–H and O–H groups in total. The van der Waals surface area contributed by atoms with Crippen LogP contribution in [-0.4, -0.2) is 37.0 Å². The van der Waals surface area contributed by atoms with Crippen molar-refractivity contribution in [3.8, 4) is 0 Å². The van der Waals surface area contributed by atoms with E-state index in [0.717, 1.165) is 11.0 Å². The summed E-state index contributed by atoms with van der Waals surface area (Å²) < 4.78 is 0.747. The summed E-state index contributed by atoms with van der Waals surface area (Å²) >= 11 is 0. The lowest BCUT2D eigenvalue weighted by Crippen LogP contribution is -3.00. The van der Waals surface area contributed by atoms with E-state index in [1.807, 2.05) is 0 Å². The van der Waals surface area contributed by atoms with Crippen LogP contribution in [0.25, 0.3) is 0 Å². The minimum Gasteiger partial charge on any atom is -1.00 e. The van der Waals surface area contributed by atoms with E-state index in [0.29, 0.717) is 0 Å². The zero-order chi connectivity index (χ0) is 12.3. The van der Waals surface area contributed by atoms with E-state index in [-0.39, 0.29) is 19.1 Å². The van der Waals surface area contributed by atoms with Crippen LogP contribution in [0.1, 0.15) is 64.7 Å². The first-order valence-electron chi connectivity index (χ1n) is 7.05. The van der Waals surface area contributed by atoms with E-state index in [9.17, 15) is 0 Å². The average molecular weight is 266 g/mol. The molecule has 0 heterocycles. The third-order valence-electron chi connectivity index (χ3n) is 3.25. The molecule has 0 aliphatic heterocycles. The van der Waals surface area contributed by atoms with Crippen LogP contribution in [0, 0.1) is 0 Å². The highest BCUT2D eigenvalue weighted by atomic mass is 35.5. The van der Waals surface area contributed by atoms with Gasteiger partial charge in [-0.25, -0.2) is 0 Å². The van der Waals surface area contributed by atoms with Gasteiger partial charge in [-0.15, -0.1) is 0 Å². The summed E-state index contributed by atoms with van der Waals surface area (Å²) in [5.41, 5.74) is 0. The average Bonchev–Trinajstić information content (AvgIpc) is 2.27. The summed E-state index contributed by atoms with van der Waals surface area (Å²) in [5.74, 6) is 0. The number of hydrogen-bond acceptors (Lipinski definition) is 1. The lowest BCUT2D eigenvalue weighted by molar-refractivity contribution is -0.909. The molecule has 0 saturated carbocycles. The first-order chi connectivity index (χ1) is 7.62. The van der Waals surface area contributed by atoms with Gasteiger partial charge in [0.1, 0.15) is 0 Å². The number of halogens is 1. The van der Waals surface area contributed by atoms with E-state index < -0.39 is 0 Å². The molecule has 0 amide bonds. The van der Waals surface area contributed by atoms with Crippen molar-refractivity contribution in [1.29, 1.82) is 0 Å². The minimum absolute atomic E-state index is 0. The zero-order valence-electron chi connectivity index (χ0n) is 12.1. The first-order valence-corrected chi connectivity index (χ1v) is 7.05. The molecule has 0 aromatic heterocycles. The summed E-state index contributed by atoms with van der Waals surface area (Å²) in [5, 5.41) is 9.09. The van der Waals surface area contributed by atoms with E-state index in [1.165, 1.54) is 57.8 Å². The molecule has 0 unspecified atom stereocenters. The monoisotopic (exact) mass is 265 g/mol. The third-order valence-corrected chi connectivity index (χ3v) is 3.25. The largest absolute Gasteiger partial charge is 1.00 e. The Bertz CT molecular complexity index is 151. The Morgan fingerprint density at radius 1 is 0.765 bits per heavy atom. The van der Waals surface area contributed by atoms with Crippen LogP contribution < -0.4 is 12.4 Å². The van der Waals surface area contributed by atoms with Crippen molar-refractivity contribution in [2.45, 2.75) is 64.7 Å². The number of rotatable bonds is 11. The quantitative estimate of drug-likeness (QED) is 0.329. The molecule has 0 aromatic carbocycles. The predicted octanol–water partition coefficient (Wildman–Crippen LogP) is 0.547. The number of hydrogen-bond donors (Lipinski definition) is 1. The molecule has 0 radical (unpaired) electrons. The molecule has 2 nitrogen and oxygen atoms in total. The Morgan fingerprint density at radius 2 is 1.18 bits per heavy atom. The Kier molecular flexibility index (Phi) is 14.6. The molecule has 17 heavy (non-hydrogen) atoms. The van der Waals surface area contributed by atoms with Crippen molar-refractivity contribution in [1.82, 2.24) is 0 Å². The molecule has 0 atom stereocenters. The maximum Gasteiger partial charge on any atom is 0.179 e. The van der Waals surface area contributed by atoms with Gasteiger partial charge in [0, 0.05) is 0 Å². The first kappa shape index (κ1) is 19.5. The number of nitrogens with zero attached hydrogens (tertiary/aromatic N) is 1. The second kappa shape index (κ2) is 12.7. The zero-order valence-corrected chi connectivity index (χ0v) is 12.8. The van der Waals surface area contributed by atoms with Crippen molar-refractivity contribution in [3.63, 3.8) is 0 Å². The summed E-state index contributed by atoms with van der Waals surface area (Å²) in [7, 11) is 4.18. The Labute approximate surface area is 114 Å². The molecule has 3 heteroatoms. The normalized spacial score (nSPS) is 11.3. The van der Waals surface area contributed by atoms with Crippen molar-refractivity contribution in [3.05, 3.63) is 0 Å². The fourth-order valence-electron chi connectivity index (χ4n) is 1.92. The van der Waals surface area contributed by atoms with Crippen LogP contribution in [0.2, 0.25) is 0 Å². The molecule has 106 valence electrons. The van der Waals surface area contributed by atoms with Gasteiger partial charge in [-0.1, -0.05) is 51.9 Å². The fourth-order valence-corrected chi connectivity index (χ4v) is 1.92. The van der Waals surface area contributed by atoms with Crippen molar-refractivity contribution >= 4 is 0 Å². The van der Waals surface area contributed by atoms with Crippen LogP contribution in [0.3, 0.4) is 0 Å². The maximum absolute atomic E-state index is 9.09. The lowest BCUT2D eigenvalue weighted by Gasteiger charge is -2.26. The number of aliphatic hydroxyl groups is 1. The van der Waals surface area contributed by atoms with Crippen LogP contribution >= 0.6 is 0 Å². The molecule has 0 aliphatic rings. The number of aliphatic hydroxyl groups excluding tert-OH is 1. The second-order valence-electron chi connectivity index (χ2n) is 5.63. The van der Waals surface area contributed by atoms with Gasteiger partial charge < -0.3 is 22.0 Å². The van der Waals surface area contributed by atoms with Crippen molar-refractivity contribution in [2.75, 3.05) is 27.4 Å². The molecule has 0 bridgehead atoms. The predicted molar refractivity (Wildman–Crippen MR) is 71.3 cm³/mol. The topological polar surface area (TPSA) is 20.2 Å². The standard InChI is InChI=1S/C14H32NO.ClH/c1-4-5-6-7-8-9-10-11-12-13-15(2,3)14-16;/h16H,4-14H2,1-3H3;1H/q+1;/p-1. The molecule has 0 spiro atoms. The number of quaternary nitrogens is 1. The highest BCUT2D eigenvalue weighted by Gasteiger charge is 2.11. The van der Waals surface area contributed by atoms with E-state index in [4.69, 9.17) is 5.11 Å². The van der Waals surface area contributed by atoms with Crippen LogP contribution in [0.15, 0.2) is 0 Å². The Hall–Kier alpha value is 0.210. The van der Waals surface area contributed by atoms with Crippen LogP contribution in [-0.2, 0) is 0 Å². The van der Waals surface area contributed by atoms with Gasteiger partial charge in [0.25, 0.3) is 0 Å². The Morgan fingerprint density at radius 3 is 1.59 bits per heavy atom. The van der Waals surface area contributed by atoms with E-state index in [2.05, 4.69) is 21.0 Å². The van der Waals surface area contributed by atoms with Gasteiger partial charge in [0.15, 0.2) is 6.73 Å². The number of unbranched alkanes of at least 4 members (excludes halogenated alkanes) is 8. The molecular weight excluding hydrogens is 234 g/mol. The second-order valence-corrected chi connectivity index (χ2v) is 5.63. The van der Waals surface area contributed by atoms with Crippen LogP contribution in [0.5, 0.6) is 0 Å². The molecule has 0 saturated heterocycles. The SMILES string of the molecule is CCCCCCCCCCC[N+](C)(C)CO.[Cl-]. The van der Waals surface area contributed by atoms with Gasteiger partial charge in [-0.3, -0.25) is 0 Å². The van der Waals surface area contributed by atoms with E-state index in [1.54, 1.807) is 0 Å². The van der Waals surface area contributed by atoms with Gasteiger partial charge in [0.2, 0.25) is 0 Å². The summed E-state index contributed by atoms with van der Waals surface area (Å²) in [4.78, 5) is 0. The molecule has 0 aromatic rings. The van der Waals surface area contributed by atoms with E-state index >= 15 is 0 Å². The third kappa shape index (κ3) is 14.1. The molecule has 0 rings (SSSR count). The highest BCUT2D eigenvalue weighted by Crippen LogP contribution is 2.10. The minimum atomic E-state index is 0. The molecule has 0 aliphatic carbocycles. The van der Waals surface area contributed by atoms with Gasteiger partial charge in [-0.2, -0.15) is 0 Å². The van der Waals surface area contributed by atoms with Gasteiger partial charge in [-0.05, 0) is 12.8 Å². The van der Waals surface area contributed by atoms with Crippen LogP contribution in [0.4, 0.5) is 0 Å². The van der Waals surface area contributed by atoms with Crippen molar-refractivity contribution < 1.29 is 22.0 Å². The lowest BCUT2D eigenvalue weighted by atomic mass is 10.1. The molecule has 0 fully saturated rings. The summed E-state index contributed by atoms with van der Waals surface area (Å²) in [6.07, 6.45) is 12.4. The highest BCUT2D eigenvalue weighted by molar-refractivity contribution is 4.46. The fraction of sp³-hybridized carbons (Fsp3) is 1.00. The summed E-state index contributed by atoms with van der Waals surface area (Å²) in [6.45, 7) is 3.63. The Balaban J connectivity index is 0. The summed E-state index contributed by atoms with van der Waals surface area (Å²) in [6, 6.07) is 0. The van der Waals surface area contributed by atoms with Gasteiger partial charge >= 0.3 is 0 Å². The maximum atomic E-state index is 9.09. The van der Waals surface area contributed by atoms with Gasteiger partial charge in [0.05, 0.1) is 20.6 Å². The van der Waals surface area contributed by atoms with Crippen molar-refractivity contribution in [2.24, 2.45) is 0 Å².